The maximum Gasteiger partial charge on any atom is 0.231 e. The van der Waals surface area contributed by atoms with Crippen LogP contribution in [0.5, 0.6) is 23.0 Å². The smallest absolute Gasteiger partial charge is 0.231 e. The summed E-state index contributed by atoms with van der Waals surface area (Å²) in [6.45, 7) is 2.39. The van der Waals surface area contributed by atoms with Gasteiger partial charge in [-0.05, 0) is 41.0 Å². The van der Waals surface area contributed by atoms with Gasteiger partial charge >= 0.3 is 0 Å². The lowest BCUT2D eigenvalue weighted by Gasteiger charge is -2.13. The molecular weight excluding hydrogens is 402 g/mol. The predicted octanol–water partition coefficient (Wildman–Crippen LogP) is 4.76. The van der Waals surface area contributed by atoms with Gasteiger partial charge in [-0.2, -0.15) is 0 Å². The minimum atomic E-state index is 0. The van der Waals surface area contributed by atoms with E-state index in [0.29, 0.717) is 13.4 Å². The van der Waals surface area contributed by atoms with E-state index in [1.807, 2.05) is 48.5 Å². The largest absolute Gasteiger partial charge is 0.493 e. The zero-order chi connectivity index (χ0) is 19.9. The fraction of sp³-hybridized carbons (Fsp3) is 0.250. The quantitative estimate of drug-likeness (QED) is 0.533. The summed E-state index contributed by atoms with van der Waals surface area (Å²) in [6, 6.07) is 22.4. The average molecular weight is 428 g/mol. The number of nitrogens with one attached hydrogen (secondary N) is 1. The molecule has 30 heavy (non-hydrogen) atoms. The lowest BCUT2D eigenvalue weighted by Crippen LogP contribution is -2.12. The summed E-state index contributed by atoms with van der Waals surface area (Å²) in [5.74, 6) is 3.13. The number of fused-ring (bicyclic) bond motifs is 1. The molecule has 0 spiro atoms. The lowest BCUT2D eigenvalue weighted by molar-refractivity contribution is 0.174. The van der Waals surface area contributed by atoms with Gasteiger partial charge in [0.1, 0.15) is 0 Å². The highest BCUT2D eigenvalue weighted by Gasteiger charge is 2.13. The second-order valence-corrected chi connectivity index (χ2v) is 6.86. The van der Waals surface area contributed by atoms with Crippen molar-refractivity contribution in [3.8, 4) is 23.0 Å². The first-order chi connectivity index (χ1) is 14.3. The summed E-state index contributed by atoms with van der Waals surface area (Å²) in [5, 5.41) is 3.45. The van der Waals surface area contributed by atoms with Crippen LogP contribution in [-0.4, -0.2) is 20.5 Å². The van der Waals surface area contributed by atoms with Crippen molar-refractivity contribution >= 4 is 12.4 Å². The van der Waals surface area contributed by atoms with E-state index in [-0.39, 0.29) is 12.4 Å². The molecule has 1 N–H and O–H groups in total. The lowest BCUT2D eigenvalue weighted by atomic mass is 10.1. The topological polar surface area (TPSA) is 49.0 Å². The highest BCUT2D eigenvalue weighted by molar-refractivity contribution is 5.85. The molecule has 0 saturated carbocycles. The number of rotatable bonds is 9. The third-order valence-corrected chi connectivity index (χ3v) is 4.81. The van der Waals surface area contributed by atoms with E-state index in [1.54, 1.807) is 7.11 Å². The van der Waals surface area contributed by atoms with Crippen LogP contribution in [0, 0.1) is 0 Å². The van der Waals surface area contributed by atoms with Gasteiger partial charge in [0, 0.05) is 19.5 Å². The van der Waals surface area contributed by atoms with Gasteiger partial charge in [0.2, 0.25) is 6.79 Å². The third kappa shape index (κ3) is 5.59. The molecule has 0 bridgehead atoms. The van der Waals surface area contributed by atoms with Crippen LogP contribution in [-0.2, 0) is 19.5 Å². The van der Waals surface area contributed by atoms with Gasteiger partial charge in [-0.3, -0.25) is 0 Å². The molecule has 5 nitrogen and oxygen atoms in total. The average Bonchev–Trinajstić information content (AvgIpc) is 3.23. The van der Waals surface area contributed by atoms with Crippen molar-refractivity contribution in [3.63, 3.8) is 0 Å². The van der Waals surface area contributed by atoms with E-state index in [4.69, 9.17) is 18.9 Å². The molecule has 1 aliphatic heterocycles. The van der Waals surface area contributed by atoms with Gasteiger partial charge in [-0.15, -0.1) is 12.4 Å². The van der Waals surface area contributed by atoms with E-state index >= 15 is 0 Å². The fourth-order valence-corrected chi connectivity index (χ4v) is 3.27. The predicted molar refractivity (Wildman–Crippen MR) is 119 cm³/mol. The summed E-state index contributed by atoms with van der Waals surface area (Å²) in [7, 11) is 1.67. The molecule has 3 aromatic rings. The summed E-state index contributed by atoms with van der Waals surface area (Å²) in [5.41, 5.74) is 3.55. The van der Waals surface area contributed by atoms with Crippen LogP contribution < -0.4 is 24.3 Å². The Morgan fingerprint density at radius 2 is 1.53 bits per heavy atom. The van der Waals surface area contributed by atoms with Crippen LogP contribution in [0.4, 0.5) is 0 Å². The van der Waals surface area contributed by atoms with Gasteiger partial charge in [0.25, 0.3) is 0 Å². The highest BCUT2D eigenvalue weighted by atomic mass is 35.5. The van der Waals surface area contributed by atoms with Gasteiger partial charge in [0.15, 0.2) is 23.0 Å². The monoisotopic (exact) mass is 427 g/mol. The Balaban J connectivity index is 0.00000256. The Morgan fingerprint density at radius 1 is 0.800 bits per heavy atom. The number of benzene rings is 3. The molecule has 158 valence electrons. The van der Waals surface area contributed by atoms with Crippen molar-refractivity contribution in [2.75, 3.05) is 20.5 Å². The molecule has 0 fully saturated rings. The Hall–Kier alpha value is -2.89. The van der Waals surface area contributed by atoms with Gasteiger partial charge in [0.05, 0.1) is 13.7 Å². The minimum Gasteiger partial charge on any atom is -0.493 e. The van der Waals surface area contributed by atoms with E-state index in [2.05, 4.69) is 23.5 Å². The number of ether oxygens (including phenoxy) is 4. The zero-order valence-electron chi connectivity index (χ0n) is 16.9. The summed E-state index contributed by atoms with van der Waals surface area (Å²) in [4.78, 5) is 0. The molecular formula is C24H26ClNO4. The van der Waals surface area contributed by atoms with Crippen LogP contribution >= 0.6 is 12.4 Å². The maximum atomic E-state index is 5.93. The summed E-state index contributed by atoms with van der Waals surface area (Å²) in [6.07, 6.45) is 0.864. The summed E-state index contributed by atoms with van der Waals surface area (Å²) < 4.78 is 22.2. The van der Waals surface area contributed by atoms with Crippen LogP contribution in [0.2, 0.25) is 0 Å². The van der Waals surface area contributed by atoms with Crippen LogP contribution in [0.15, 0.2) is 66.7 Å². The van der Waals surface area contributed by atoms with Crippen LogP contribution in [0.3, 0.4) is 0 Å². The van der Waals surface area contributed by atoms with Gasteiger partial charge in [-0.1, -0.05) is 42.5 Å². The van der Waals surface area contributed by atoms with Crippen molar-refractivity contribution in [1.29, 1.82) is 0 Å². The highest BCUT2D eigenvalue weighted by Crippen LogP contribution is 2.32. The molecule has 3 aromatic carbocycles. The Bertz CT molecular complexity index is 949. The SMILES string of the molecule is COc1cc(CNCc2ccc3c(c2)OCO3)ccc1OCCc1ccccc1.Cl. The number of hydrogen-bond acceptors (Lipinski definition) is 5. The van der Waals surface area contributed by atoms with Crippen LogP contribution in [0.1, 0.15) is 16.7 Å². The minimum absolute atomic E-state index is 0. The molecule has 1 aliphatic rings. The molecule has 0 amide bonds. The number of hydrogen-bond donors (Lipinski definition) is 1. The molecule has 0 aromatic heterocycles. The van der Waals surface area contributed by atoms with Crippen molar-refractivity contribution in [1.82, 2.24) is 5.32 Å². The van der Waals surface area contributed by atoms with Crippen LogP contribution in [0.25, 0.3) is 0 Å². The Kier molecular flexibility index (Phi) is 7.82. The van der Waals surface area contributed by atoms with Crippen molar-refractivity contribution in [2.45, 2.75) is 19.5 Å². The second kappa shape index (κ2) is 10.8. The first kappa shape index (κ1) is 21.8. The normalized spacial score (nSPS) is 11.6. The third-order valence-electron chi connectivity index (χ3n) is 4.81. The number of methoxy groups -OCH3 is 1. The Labute approximate surface area is 183 Å². The maximum absolute atomic E-state index is 5.93. The first-order valence-corrected chi connectivity index (χ1v) is 9.75. The standard InChI is InChI=1S/C24H25NO4.ClH/c1-26-23-13-19(7-9-21(23)27-12-11-18-5-3-2-4-6-18)15-25-16-20-8-10-22-24(14-20)29-17-28-22;/h2-10,13-14,25H,11-12,15-17H2,1H3;1H. The molecule has 6 heteroatoms. The molecule has 0 unspecified atom stereocenters. The van der Waals surface area contributed by atoms with E-state index in [0.717, 1.165) is 53.6 Å². The molecule has 1 heterocycles. The molecule has 0 aliphatic carbocycles. The molecule has 0 atom stereocenters. The van der Waals surface area contributed by atoms with Crippen molar-refractivity contribution in [3.05, 3.63) is 83.4 Å². The second-order valence-electron chi connectivity index (χ2n) is 6.86. The molecule has 4 rings (SSSR count). The van der Waals surface area contributed by atoms with E-state index < -0.39 is 0 Å². The molecule has 0 saturated heterocycles. The van der Waals surface area contributed by atoms with E-state index in [9.17, 15) is 0 Å². The van der Waals surface area contributed by atoms with E-state index in [1.165, 1.54) is 5.56 Å². The molecule has 0 radical (unpaired) electrons. The number of halogens is 1. The van der Waals surface area contributed by atoms with Crippen molar-refractivity contribution in [2.24, 2.45) is 0 Å². The first-order valence-electron chi connectivity index (χ1n) is 9.75. The summed E-state index contributed by atoms with van der Waals surface area (Å²) >= 11 is 0. The zero-order valence-corrected chi connectivity index (χ0v) is 17.7. The van der Waals surface area contributed by atoms with Gasteiger partial charge in [-0.25, -0.2) is 0 Å². The fourth-order valence-electron chi connectivity index (χ4n) is 3.27. The Morgan fingerprint density at radius 3 is 2.33 bits per heavy atom. The van der Waals surface area contributed by atoms with Crippen molar-refractivity contribution < 1.29 is 18.9 Å². The van der Waals surface area contributed by atoms with Gasteiger partial charge < -0.3 is 24.3 Å².